The molecular weight excluding hydrogens is 559 g/mol. The Morgan fingerprint density at radius 3 is 2.39 bits per heavy atom. The molecule has 182 valence electrons. The minimum absolute atomic E-state index is 0.137. The summed E-state index contributed by atoms with van der Waals surface area (Å²) in [5, 5.41) is 15.6. The third kappa shape index (κ3) is 7.05. The number of benzene rings is 2. The Morgan fingerprint density at radius 2 is 1.82 bits per heavy atom. The molecule has 0 aliphatic carbocycles. The standard InChI is InChI=1S/C23H28INO5S.H3NO/c1-2-3-15-30-18-9-11-19(12-10-18)31(28,29)20-13-14-25(23(26)27)21(16-20)22(24)17-7-5-4-6-8-17;1-2/h4-12,20-22H,2-3,13-16H2,1H3,(H,26,27);2H,1H2. The molecule has 1 heterocycles. The number of amides is 1. The summed E-state index contributed by atoms with van der Waals surface area (Å²) in [6.07, 6.45) is 1.53. The number of alkyl halides is 1. The average Bonchev–Trinajstić information content (AvgIpc) is 2.85. The number of nitrogens with two attached hydrogens (primary N) is 1. The number of carboxylic acid groups (broad SMARTS) is 1. The van der Waals surface area contributed by atoms with Crippen molar-refractivity contribution in [1.82, 2.24) is 4.90 Å². The second-order valence-electron chi connectivity index (χ2n) is 7.72. The van der Waals surface area contributed by atoms with E-state index in [0.29, 0.717) is 12.4 Å². The minimum atomic E-state index is -3.58. The van der Waals surface area contributed by atoms with Gasteiger partial charge in [-0.3, -0.25) is 0 Å². The molecule has 0 radical (unpaired) electrons. The topological polar surface area (TPSA) is 130 Å². The number of carbonyl (C=O) groups is 1. The summed E-state index contributed by atoms with van der Waals surface area (Å²) in [6, 6.07) is 15.8. The minimum Gasteiger partial charge on any atom is -0.494 e. The molecule has 1 aliphatic heterocycles. The molecule has 8 nitrogen and oxygen atoms in total. The summed E-state index contributed by atoms with van der Waals surface area (Å²) in [7, 11) is -3.58. The van der Waals surface area contributed by atoms with Crippen LogP contribution in [0.2, 0.25) is 0 Å². The van der Waals surface area contributed by atoms with Gasteiger partial charge >= 0.3 is 6.09 Å². The lowest BCUT2D eigenvalue weighted by atomic mass is 9.95. The predicted molar refractivity (Wildman–Crippen MR) is 135 cm³/mol. The van der Waals surface area contributed by atoms with E-state index in [2.05, 4.69) is 35.4 Å². The Bertz CT molecular complexity index is 972. The number of hydrogen-bond donors (Lipinski definition) is 3. The van der Waals surface area contributed by atoms with E-state index in [4.69, 9.17) is 9.94 Å². The van der Waals surface area contributed by atoms with E-state index in [-0.39, 0.29) is 28.2 Å². The number of unbranched alkanes of at least 4 members (excludes halogenated alkanes) is 1. The predicted octanol–water partition coefficient (Wildman–Crippen LogP) is 4.66. The fraction of sp³-hybridized carbons (Fsp3) is 0.435. The van der Waals surface area contributed by atoms with E-state index in [1.807, 2.05) is 30.3 Å². The molecular formula is C23H31IN2O6S. The van der Waals surface area contributed by atoms with Crippen LogP contribution < -0.4 is 10.6 Å². The molecule has 3 atom stereocenters. The van der Waals surface area contributed by atoms with Gasteiger partial charge in [-0.05, 0) is 49.1 Å². The molecule has 10 heteroatoms. The van der Waals surface area contributed by atoms with E-state index in [0.717, 1.165) is 18.4 Å². The van der Waals surface area contributed by atoms with Crippen LogP contribution in [-0.4, -0.2) is 54.2 Å². The quantitative estimate of drug-likeness (QED) is 0.177. The number of piperidine rings is 1. The molecule has 3 unspecified atom stereocenters. The van der Waals surface area contributed by atoms with Crippen molar-refractivity contribution in [3.8, 4) is 5.75 Å². The summed E-state index contributed by atoms with van der Waals surface area (Å²) < 4.78 is 32.2. The first-order valence-corrected chi connectivity index (χ1v) is 13.5. The maximum absolute atomic E-state index is 13.3. The van der Waals surface area contributed by atoms with Gasteiger partial charge in [0.2, 0.25) is 0 Å². The van der Waals surface area contributed by atoms with Crippen molar-refractivity contribution in [2.45, 2.75) is 52.7 Å². The Hall–Kier alpha value is -1.89. The van der Waals surface area contributed by atoms with Crippen molar-refractivity contribution < 1.29 is 28.3 Å². The molecule has 4 N–H and O–H groups in total. The zero-order valence-corrected chi connectivity index (χ0v) is 21.5. The van der Waals surface area contributed by atoms with Crippen LogP contribution in [0.3, 0.4) is 0 Å². The SMILES string of the molecule is CCCCOc1ccc(S(=O)(=O)C2CCN(C(=O)O)C(C(I)c3ccccc3)C2)cc1.NO. The first kappa shape index (κ1) is 27.4. The van der Waals surface area contributed by atoms with Crippen LogP contribution in [0.25, 0.3) is 0 Å². The second kappa shape index (κ2) is 13.1. The van der Waals surface area contributed by atoms with Crippen LogP contribution in [0.15, 0.2) is 59.5 Å². The van der Waals surface area contributed by atoms with Crippen LogP contribution in [0, 0.1) is 0 Å². The number of rotatable bonds is 8. The van der Waals surface area contributed by atoms with Crippen LogP contribution in [0.1, 0.15) is 42.1 Å². The normalized spacial score (nSPS) is 19.2. The fourth-order valence-electron chi connectivity index (χ4n) is 3.87. The van der Waals surface area contributed by atoms with Crippen molar-refractivity contribution in [2.75, 3.05) is 13.2 Å². The maximum Gasteiger partial charge on any atom is 0.407 e. The molecule has 0 aromatic heterocycles. The van der Waals surface area contributed by atoms with Crippen molar-refractivity contribution >= 4 is 38.5 Å². The summed E-state index contributed by atoms with van der Waals surface area (Å²) in [5.41, 5.74) is 0.992. The van der Waals surface area contributed by atoms with Gasteiger partial charge in [-0.1, -0.05) is 66.3 Å². The van der Waals surface area contributed by atoms with E-state index in [1.54, 1.807) is 24.3 Å². The molecule has 0 spiro atoms. The van der Waals surface area contributed by atoms with E-state index in [9.17, 15) is 18.3 Å². The lowest BCUT2D eigenvalue weighted by Crippen LogP contribution is -2.50. The average molecular weight is 590 g/mol. The Balaban J connectivity index is 0.00000187. The second-order valence-corrected chi connectivity index (χ2v) is 11.3. The van der Waals surface area contributed by atoms with Crippen LogP contribution in [0.5, 0.6) is 5.75 Å². The van der Waals surface area contributed by atoms with Gasteiger partial charge < -0.3 is 20.0 Å². The zero-order chi connectivity index (χ0) is 24.4. The highest BCUT2D eigenvalue weighted by Gasteiger charge is 2.41. The number of sulfone groups is 1. The van der Waals surface area contributed by atoms with Crippen molar-refractivity contribution in [3.63, 3.8) is 0 Å². The third-order valence-electron chi connectivity index (χ3n) is 5.66. The molecule has 2 aromatic rings. The maximum atomic E-state index is 13.3. The van der Waals surface area contributed by atoms with Crippen molar-refractivity contribution in [3.05, 3.63) is 60.2 Å². The molecule has 3 rings (SSSR count). The Kier molecular flexibility index (Phi) is 10.9. The lowest BCUT2D eigenvalue weighted by molar-refractivity contribution is 0.107. The summed E-state index contributed by atoms with van der Waals surface area (Å²) in [4.78, 5) is 13.5. The van der Waals surface area contributed by atoms with Gasteiger partial charge in [0, 0.05) is 6.54 Å². The first-order chi connectivity index (χ1) is 15.8. The number of ether oxygens (including phenoxy) is 1. The number of halogens is 1. The molecule has 1 aliphatic rings. The van der Waals surface area contributed by atoms with Gasteiger partial charge in [0.05, 0.1) is 26.7 Å². The number of likely N-dealkylation sites (tertiary alicyclic amines) is 1. The molecule has 0 saturated carbocycles. The van der Waals surface area contributed by atoms with E-state index >= 15 is 0 Å². The van der Waals surface area contributed by atoms with Crippen LogP contribution in [0.4, 0.5) is 4.79 Å². The molecule has 1 fully saturated rings. The highest BCUT2D eigenvalue weighted by atomic mass is 127. The van der Waals surface area contributed by atoms with E-state index < -0.39 is 27.2 Å². The highest BCUT2D eigenvalue weighted by Crippen LogP contribution is 2.38. The fourth-order valence-corrected chi connectivity index (χ4v) is 6.74. The summed E-state index contributed by atoms with van der Waals surface area (Å²) >= 11 is 2.23. The van der Waals surface area contributed by atoms with Gasteiger partial charge in [-0.25, -0.2) is 19.1 Å². The third-order valence-corrected chi connectivity index (χ3v) is 9.44. The summed E-state index contributed by atoms with van der Waals surface area (Å²) in [5.74, 6) is 4.15. The monoisotopic (exact) mass is 590 g/mol. The number of nitrogens with zero attached hydrogens (tertiary/aromatic N) is 1. The van der Waals surface area contributed by atoms with Gasteiger partial charge in [0.15, 0.2) is 9.84 Å². The van der Waals surface area contributed by atoms with Gasteiger partial charge in [-0.2, -0.15) is 0 Å². The van der Waals surface area contributed by atoms with Crippen molar-refractivity contribution in [1.29, 1.82) is 0 Å². The Labute approximate surface area is 208 Å². The highest BCUT2D eigenvalue weighted by molar-refractivity contribution is 14.1. The lowest BCUT2D eigenvalue weighted by Gasteiger charge is -2.40. The number of hydrogen-bond acceptors (Lipinski definition) is 6. The van der Waals surface area contributed by atoms with Crippen LogP contribution in [-0.2, 0) is 9.84 Å². The molecule has 33 heavy (non-hydrogen) atoms. The first-order valence-electron chi connectivity index (χ1n) is 10.8. The zero-order valence-electron chi connectivity index (χ0n) is 18.5. The van der Waals surface area contributed by atoms with Gasteiger partial charge in [-0.15, -0.1) is 0 Å². The van der Waals surface area contributed by atoms with E-state index in [1.165, 1.54) is 4.90 Å². The summed E-state index contributed by atoms with van der Waals surface area (Å²) in [6.45, 7) is 2.89. The molecule has 0 bridgehead atoms. The van der Waals surface area contributed by atoms with Crippen molar-refractivity contribution in [2.24, 2.45) is 5.90 Å². The largest absolute Gasteiger partial charge is 0.494 e. The van der Waals surface area contributed by atoms with Gasteiger partial charge in [0.25, 0.3) is 0 Å². The molecule has 1 amide bonds. The Morgan fingerprint density at radius 1 is 1.18 bits per heavy atom. The van der Waals surface area contributed by atoms with Crippen LogP contribution >= 0.6 is 22.6 Å². The smallest absolute Gasteiger partial charge is 0.407 e. The molecule has 1 saturated heterocycles. The molecule has 2 aromatic carbocycles. The van der Waals surface area contributed by atoms with Gasteiger partial charge in [0.1, 0.15) is 5.75 Å².